The summed E-state index contributed by atoms with van der Waals surface area (Å²) in [4.78, 5) is 27.0. The van der Waals surface area contributed by atoms with Gasteiger partial charge in [0.1, 0.15) is 30.0 Å². The number of piperidine rings is 1. The first kappa shape index (κ1) is 19.3. The Kier molecular flexibility index (Phi) is 4.89. The number of fused-ring (bicyclic) bond motifs is 2. The number of carbonyl (C=O) groups excluding carboxylic acids is 1. The lowest BCUT2D eigenvalue weighted by Gasteiger charge is -2.33. The third-order valence-corrected chi connectivity index (χ3v) is 5.73. The van der Waals surface area contributed by atoms with Crippen LogP contribution >= 0.6 is 0 Å². The van der Waals surface area contributed by atoms with Crippen molar-refractivity contribution < 1.29 is 9.53 Å². The van der Waals surface area contributed by atoms with Gasteiger partial charge in [-0.3, -0.25) is 9.78 Å². The normalized spacial score (nSPS) is 14.9. The number of pyridine rings is 1. The number of rotatable bonds is 5. The van der Waals surface area contributed by atoms with Gasteiger partial charge < -0.3 is 19.9 Å². The Morgan fingerprint density at radius 3 is 2.81 bits per heavy atom. The van der Waals surface area contributed by atoms with Gasteiger partial charge in [0.25, 0.3) is 0 Å². The summed E-state index contributed by atoms with van der Waals surface area (Å²) in [5, 5.41) is 2.02. The number of hydrogen-bond acceptors (Lipinski definition) is 6. The van der Waals surface area contributed by atoms with Crippen molar-refractivity contribution in [2.75, 3.05) is 18.0 Å². The maximum Gasteiger partial charge on any atom is 0.237 e. The van der Waals surface area contributed by atoms with Crippen LogP contribution in [0.25, 0.3) is 21.8 Å². The van der Waals surface area contributed by atoms with Gasteiger partial charge in [0.05, 0.1) is 17.2 Å². The molecular weight excluding hydrogens is 392 g/mol. The fourth-order valence-corrected chi connectivity index (χ4v) is 4.29. The molecule has 4 heterocycles. The molecule has 4 aromatic rings. The van der Waals surface area contributed by atoms with E-state index in [-0.39, 0.29) is 18.6 Å². The number of anilines is 1. The van der Waals surface area contributed by atoms with Crippen LogP contribution in [0.4, 0.5) is 5.82 Å². The van der Waals surface area contributed by atoms with E-state index in [2.05, 4.69) is 14.9 Å². The first-order chi connectivity index (χ1) is 15.1. The van der Waals surface area contributed by atoms with Crippen molar-refractivity contribution in [2.45, 2.75) is 32.4 Å². The van der Waals surface area contributed by atoms with E-state index in [9.17, 15) is 4.79 Å². The van der Waals surface area contributed by atoms with Crippen molar-refractivity contribution in [2.24, 2.45) is 5.73 Å². The summed E-state index contributed by atoms with van der Waals surface area (Å²) in [6.07, 6.45) is 7.36. The van der Waals surface area contributed by atoms with Crippen molar-refractivity contribution in [3.8, 4) is 5.75 Å². The van der Waals surface area contributed by atoms with Gasteiger partial charge in [-0.2, -0.15) is 0 Å². The van der Waals surface area contributed by atoms with Gasteiger partial charge in [0, 0.05) is 49.1 Å². The second-order valence-corrected chi connectivity index (χ2v) is 7.89. The molecule has 1 saturated heterocycles. The van der Waals surface area contributed by atoms with Crippen LogP contribution in [0, 0.1) is 6.92 Å². The standard InChI is InChI=1S/C23H24N6O2/c1-15-26-19-13-25-9-5-17(19)23(27-15)28-10-6-16(7-11-28)31-21-4-2-3-20-18(21)8-12-29(20)14-22(24)30/h2-5,8-9,12-13,16H,6-7,10-11,14H2,1H3,(H2,24,30). The molecule has 8 nitrogen and oxygen atoms in total. The average Bonchev–Trinajstić information content (AvgIpc) is 3.17. The zero-order valence-corrected chi connectivity index (χ0v) is 17.4. The summed E-state index contributed by atoms with van der Waals surface area (Å²) < 4.78 is 8.24. The second-order valence-electron chi connectivity index (χ2n) is 7.89. The van der Waals surface area contributed by atoms with Crippen LogP contribution in [-0.4, -0.2) is 44.6 Å². The van der Waals surface area contributed by atoms with E-state index in [4.69, 9.17) is 15.5 Å². The van der Waals surface area contributed by atoms with Crippen LogP contribution in [0.15, 0.2) is 48.9 Å². The Morgan fingerprint density at radius 2 is 2.00 bits per heavy atom. The Labute approximate surface area is 179 Å². The Hall–Kier alpha value is -3.68. The van der Waals surface area contributed by atoms with Gasteiger partial charge in [0.15, 0.2) is 0 Å². The maximum atomic E-state index is 11.3. The highest BCUT2D eigenvalue weighted by Gasteiger charge is 2.24. The number of carbonyl (C=O) groups is 1. The molecule has 1 aliphatic rings. The summed E-state index contributed by atoms with van der Waals surface area (Å²) in [5.41, 5.74) is 7.18. The second kappa shape index (κ2) is 7.86. The number of amides is 1. The molecule has 158 valence electrons. The molecule has 1 aromatic carbocycles. The minimum absolute atomic E-state index is 0.122. The monoisotopic (exact) mass is 416 g/mol. The SMILES string of the molecule is Cc1nc(N2CCC(Oc3cccc4c3ccn4CC(N)=O)CC2)c2ccncc2n1. The molecule has 0 radical (unpaired) electrons. The zero-order valence-electron chi connectivity index (χ0n) is 17.4. The molecule has 0 spiro atoms. The molecule has 1 aliphatic heterocycles. The molecule has 2 N–H and O–H groups in total. The van der Waals surface area contributed by atoms with E-state index in [0.29, 0.717) is 0 Å². The van der Waals surface area contributed by atoms with Crippen LogP contribution in [0.3, 0.4) is 0 Å². The lowest BCUT2D eigenvalue weighted by atomic mass is 10.1. The van der Waals surface area contributed by atoms with Gasteiger partial charge in [-0.15, -0.1) is 0 Å². The van der Waals surface area contributed by atoms with E-state index in [1.54, 1.807) is 12.4 Å². The van der Waals surface area contributed by atoms with Crippen molar-refractivity contribution in [1.29, 1.82) is 0 Å². The van der Waals surface area contributed by atoms with E-state index in [0.717, 1.165) is 65.1 Å². The van der Waals surface area contributed by atoms with Gasteiger partial charge in [-0.25, -0.2) is 9.97 Å². The predicted molar refractivity (Wildman–Crippen MR) is 119 cm³/mol. The third-order valence-electron chi connectivity index (χ3n) is 5.73. The predicted octanol–water partition coefficient (Wildman–Crippen LogP) is 2.82. The number of nitrogens with two attached hydrogens (primary N) is 1. The van der Waals surface area contributed by atoms with E-state index in [1.165, 1.54) is 0 Å². The summed E-state index contributed by atoms with van der Waals surface area (Å²) in [7, 11) is 0. The summed E-state index contributed by atoms with van der Waals surface area (Å²) in [5.74, 6) is 2.20. The molecule has 8 heteroatoms. The molecular formula is C23H24N6O2. The minimum atomic E-state index is -0.362. The first-order valence-electron chi connectivity index (χ1n) is 10.4. The van der Waals surface area contributed by atoms with Gasteiger partial charge in [-0.05, 0) is 31.2 Å². The minimum Gasteiger partial charge on any atom is -0.490 e. The number of ether oxygens (including phenoxy) is 1. The van der Waals surface area contributed by atoms with Crippen molar-refractivity contribution in [3.63, 3.8) is 0 Å². The van der Waals surface area contributed by atoms with Crippen LogP contribution in [-0.2, 0) is 11.3 Å². The fourth-order valence-electron chi connectivity index (χ4n) is 4.29. The van der Waals surface area contributed by atoms with E-state index in [1.807, 2.05) is 48.0 Å². The zero-order chi connectivity index (χ0) is 21.4. The molecule has 0 saturated carbocycles. The van der Waals surface area contributed by atoms with Crippen molar-refractivity contribution >= 4 is 33.5 Å². The first-order valence-corrected chi connectivity index (χ1v) is 10.4. The van der Waals surface area contributed by atoms with Gasteiger partial charge >= 0.3 is 0 Å². The molecule has 1 amide bonds. The smallest absolute Gasteiger partial charge is 0.237 e. The summed E-state index contributed by atoms with van der Waals surface area (Å²) in [6, 6.07) is 9.87. The Morgan fingerprint density at radius 1 is 1.16 bits per heavy atom. The Balaban J connectivity index is 1.32. The van der Waals surface area contributed by atoms with Crippen LogP contribution in [0.2, 0.25) is 0 Å². The summed E-state index contributed by atoms with van der Waals surface area (Å²) in [6.45, 7) is 3.79. The number of primary amides is 1. The highest BCUT2D eigenvalue weighted by Crippen LogP contribution is 2.31. The van der Waals surface area contributed by atoms with Gasteiger partial charge in [0.2, 0.25) is 5.91 Å². The lowest BCUT2D eigenvalue weighted by Crippen LogP contribution is -2.39. The van der Waals surface area contributed by atoms with Crippen molar-refractivity contribution in [3.05, 3.63) is 54.7 Å². The molecule has 31 heavy (non-hydrogen) atoms. The van der Waals surface area contributed by atoms with E-state index >= 15 is 0 Å². The number of nitrogens with zero attached hydrogens (tertiary/aromatic N) is 5. The molecule has 1 fully saturated rings. The average molecular weight is 416 g/mol. The van der Waals surface area contributed by atoms with E-state index < -0.39 is 0 Å². The Bertz CT molecular complexity index is 1260. The topological polar surface area (TPSA) is 99.2 Å². The molecule has 0 unspecified atom stereocenters. The third kappa shape index (κ3) is 3.76. The largest absolute Gasteiger partial charge is 0.490 e. The number of aromatic nitrogens is 4. The molecule has 0 aliphatic carbocycles. The number of benzene rings is 1. The number of hydrogen-bond donors (Lipinski definition) is 1. The molecule has 3 aromatic heterocycles. The maximum absolute atomic E-state index is 11.3. The van der Waals surface area contributed by atoms with Crippen LogP contribution in [0.5, 0.6) is 5.75 Å². The lowest BCUT2D eigenvalue weighted by molar-refractivity contribution is -0.118. The quantitative estimate of drug-likeness (QED) is 0.537. The van der Waals surface area contributed by atoms with Gasteiger partial charge in [-0.1, -0.05) is 6.07 Å². The molecule has 0 bridgehead atoms. The number of aryl methyl sites for hydroxylation is 1. The highest BCUT2D eigenvalue weighted by atomic mass is 16.5. The molecule has 0 atom stereocenters. The summed E-state index contributed by atoms with van der Waals surface area (Å²) >= 11 is 0. The fraction of sp³-hybridized carbons (Fsp3) is 0.304. The van der Waals surface area contributed by atoms with Crippen LogP contribution < -0.4 is 15.4 Å². The van der Waals surface area contributed by atoms with Crippen LogP contribution in [0.1, 0.15) is 18.7 Å². The highest BCUT2D eigenvalue weighted by molar-refractivity contribution is 5.89. The van der Waals surface area contributed by atoms with Crippen molar-refractivity contribution in [1.82, 2.24) is 19.5 Å². The molecule has 5 rings (SSSR count).